The molecule has 1 fully saturated rings. The summed E-state index contributed by atoms with van der Waals surface area (Å²) in [6.07, 6.45) is -0.482. The molecule has 3 amide bonds. The molecule has 3 N–H and O–H groups in total. The number of hydrogen-bond donors (Lipinski definition) is 3. The lowest BCUT2D eigenvalue weighted by Gasteiger charge is -2.35. The van der Waals surface area contributed by atoms with Gasteiger partial charge in [0.2, 0.25) is 11.8 Å². The minimum atomic E-state index is -1.13. The number of benzene rings is 1. The molecule has 1 aromatic carbocycles. The van der Waals surface area contributed by atoms with Crippen molar-refractivity contribution >= 4 is 39.5 Å². The molecule has 1 aromatic rings. The van der Waals surface area contributed by atoms with Gasteiger partial charge in [0, 0.05) is 25.8 Å². The zero-order chi connectivity index (χ0) is 23.1. The van der Waals surface area contributed by atoms with Crippen LogP contribution < -0.4 is 10.6 Å². The second kappa shape index (κ2) is 8.35. The maximum Gasteiger partial charge on any atom is 0.257 e. The SMILES string of the molecule is CC(=O)N[C@H](C(=O)N1C[C@H](O)C[C@H]1C1=N[C@@](C)(c2ccc(Br)cc2)C(=O)N1)C(C)(C)C.[HH]. The normalized spacial score (nSPS) is 27.0. The largest absolute Gasteiger partial charge is 0.391 e. The van der Waals surface area contributed by atoms with Crippen molar-refractivity contribution in [2.45, 2.75) is 64.8 Å². The number of likely N-dealkylation sites (tertiary alicyclic amines) is 1. The maximum absolute atomic E-state index is 13.4. The van der Waals surface area contributed by atoms with E-state index in [4.69, 9.17) is 0 Å². The smallest absolute Gasteiger partial charge is 0.257 e. The second-order valence-corrected chi connectivity index (χ2v) is 10.3. The van der Waals surface area contributed by atoms with Crippen LogP contribution in [0.2, 0.25) is 0 Å². The Morgan fingerprint density at radius 1 is 1.35 bits per heavy atom. The van der Waals surface area contributed by atoms with Crippen LogP contribution in [0.3, 0.4) is 0 Å². The number of nitrogens with one attached hydrogen (secondary N) is 2. The number of aliphatic imine (C=N–C) groups is 1. The molecule has 0 radical (unpaired) electrons. The highest BCUT2D eigenvalue weighted by Crippen LogP contribution is 2.33. The number of rotatable bonds is 4. The first-order valence-corrected chi connectivity index (χ1v) is 11.0. The summed E-state index contributed by atoms with van der Waals surface area (Å²) in [5.74, 6) is -0.541. The van der Waals surface area contributed by atoms with Crippen molar-refractivity contribution in [1.29, 1.82) is 0 Å². The second-order valence-electron chi connectivity index (χ2n) is 9.43. The summed E-state index contributed by atoms with van der Waals surface area (Å²) in [5, 5.41) is 15.9. The molecule has 31 heavy (non-hydrogen) atoms. The van der Waals surface area contributed by atoms with Crippen LogP contribution in [0, 0.1) is 5.41 Å². The van der Waals surface area contributed by atoms with E-state index in [9.17, 15) is 19.5 Å². The van der Waals surface area contributed by atoms with Crippen molar-refractivity contribution in [1.82, 2.24) is 15.5 Å². The van der Waals surface area contributed by atoms with Crippen LogP contribution in [0.15, 0.2) is 33.7 Å². The topological polar surface area (TPSA) is 111 Å². The third-order valence-corrected chi connectivity index (χ3v) is 6.30. The summed E-state index contributed by atoms with van der Waals surface area (Å²) in [6, 6.07) is 6.00. The molecule has 0 spiro atoms. The van der Waals surface area contributed by atoms with E-state index in [1.807, 2.05) is 45.0 Å². The number of aliphatic hydroxyl groups excluding tert-OH is 1. The molecule has 0 bridgehead atoms. The highest BCUT2D eigenvalue weighted by atomic mass is 79.9. The number of carbonyl (C=O) groups is 3. The van der Waals surface area contributed by atoms with Gasteiger partial charge in [0.1, 0.15) is 11.9 Å². The Kier molecular flexibility index (Phi) is 6.30. The highest BCUT2D eigenvalue weighted by molar-refractivity contribution is 9.10. The Bertz CT molecular complexity index is 931. The number of carbonyl (C=O) groups excluding carboxylic acids is 3. The molecule has 9 heteroatoms. The van der Waals surface area contributed by atoms with Crippen LogP contribution in [0.5, 0.6) is 0 Å². The molecule has 0 aromatic heterocycles. The number of amidine groups is 1. The minimum absolute atomic E-state index is 0. The Hall–Kier alpha value is -2.26. The summed E-state index contributed by atoms with van der Waals surface area (Å²) in [6.45, 7) is 8.81. The van der Waals surface area contributed by atoms with Gasteiger partial charge in [0.15, 0.2) is 5.54 Å². The van der Waals surface area contributed by atoms with Crippen molar-refractivity contribution in [2.24, 2.45) is 10.4 Å². The highest BCUT2D eigenvalue weighted by Gasteiger charge is 2.48. The van der Waals surface area contributed by atoms with Crippen LogP contribution >= 0.6 is 15.9 Å². The average Bonchev–Trinajstić information content (AvgIpc) is 3.19. The Labute approximate surface area is 192 Å². The molecule has 1 saturated heterocycles. The summed E-state index contributed by atoms with van der Waals surface area (Å²) in [4.78, 5) is 44.2. The predicted octanol–water partition coefficient (Wildman–Crippen LogP) is 1.95. The first kappa shape index (κ1) is 23.4. The van der Waals surface area contributed by atoms with Crippen molar-refractivity contribution < 1.29 is 20.9 Å². The van der Waals surface area contributed by atoms with Crippen molar-refractivity contribution in [3.63, 3.8) is 0 Å². The van der Waals surface area contributed by atoms with Crippen molar-refractivity contribution in [3.8, 4) is 0 Å². The molecule has 0 unspecified atom stereocenters. The van der Waals surface area contributed by atoms with Crippen molar-refractivity contribution in [3.05, 3.63) is 34.3 Å². The van der Waals surface area contributed by atoms with Crippen LogP contribution in [-0.4, -0.2) is 58.3 Å². The summed E-state index contributed by atoms with van der Waals surface area (Å²) >= 11 is 3.39. The zero-order valence-corrected chi connectivity index (χ0v) is 20.0. The van der Waals surface area contributed by atoms with E-state index in [1.165, 1.54) is 11.8 Å². The number of β-amino-alcohol motifs (C(OH)–C–C–N with tert-alkyl or cyclic N) is 1. The molecule has 0 saturated carbocycles. The fourth-order valence-corrected chi connectivity index (χ4v) is 4.28. The van der Waals surface area contributed by atoms with Gasteiger partial charge in [0.25, 0.3) is 5.91 Å². The zero-order valence-electron chi connectivity index (χ0n) is 18.4. The van der Waals surface area contributed by atoms with Crippen LogP contribution in [-0.2, 0) is 19.9 Å². The van der Waals surface area contributed by atoms with Gasteiger partial charge in [-0.1, -0.05) is 48.8 Å². The number of nitrogens with zero attached hydrogens (tertiary/aromatic N) is 2. The first-order chi connectivity index (χ1) is 14.3. The Morgan fingerprint density at radius 2 is 1.97 bits per heavy atom. The molecule has 2 aliphatic heterocycles. The fraction of sp³-hybridized carbons (Fsp3) is 0.545. The lowest BCUT2D eigenvalue weighted by molar-refractivity contribution is -0.139. The number of halogens is 1. The van der Waals surface area contributed by atoms with Gasteiger partial charge >= 0.3 is 0 Å². The van der Waals surface area contributed by atoms with Gasteiger partial charge in [-0.25, -0.2) is 4.99 Å². The Balaban J connectivity index is 0.00000363. The van der Waals surface area contributed by atoms with E-state index in [2.05, 4.69) is 31.6 Å². The summed E-state index contributed by atoms with van der Waals surface area (Å²) < 4.78 is 0.893. The van der Waals surface area contributed by atoms with Crippen LogP contribution in [0.25, 0.3) is 0 Å². The van der Waals surface area contributed by atoms with E-state index in [0.717, 1.165) is 10.0 Å². The summed E-state index contributed by atoms with van der Waals surface area (Å²) in [7, 11) is 0. The molecular formula is C22H31BrN4O4. The maximum atomic E-state index is 13.4. The van der Waals surface area contributed by atoms with Gasteiger partial charge in [0.05, 0.1) is 12.1 Å². The first-order valence-electron chi connectivity index (χ1n) is 10.3. The molecule has 0 aliphatic carbocycles. The minimum Gasteiger partial charge on any atom is -0.391 e. The van der Waals surface area contributed by atoms with Gasteiger partial charge in [-0.2, -0.15) is 0 Å². The molecule has 3 rings (SSSR count). The van der Waals surface area contributed by atoms with Gasteiger partial charge < -0.3 is 20.6 Å². The summed E-state index contributed by atoms with van der Waals surface area (Å²) in [5.41, 5.74) is -0.933. The quantitative estimate of drug-likeness (QED) is 0.593. The Morgan fingerprint density at radius 3 is 2.52 bits per heavy atom. The molecule has 4 atom stereocenters. The van der Waals surface area contributed by atoms with Gasteiger partial charge in [-0.05, 0) is 30.0 Å². The molecule has 2 aliphatic rings. The number of amides is 3. The number of hydrogen-bond acceptors (Lipinski definition) is 5. The van der Waals surface area contributed by atoms with Crippen LogP contribution in [0.4, 0.5) is 0 Å². The standard InChI is InChI=1S/C22H29BrN4O4.H2/c1-12(28)24-17(21(2,3)4)19(30)27-11-15(29)10-16(27)18-25-20(31)22(5,26-18)13-6-8-14(23)9-7-13;/h6-9,15-17,29H,10-11H2,1-5H3,(H,24,28)(H,25,26,31);1H/t15-,16+,17-,22+;/m1./s1. The molecule has 170 valence electrons. The van der Waals surface area contributed by atoms with E-state index in [-0.39, 0.29) is 32.1 Å². The molecule has 2 heterocycles. The monoisotopic (exact) mass is 494 g/mol. The average molecular weight is 495 g/mol. The third kappa shape index (κ3) is 4.67. The van der Waals surface area contributed by atoms with Crippen LogP contribution in [0.1, 0.15) is 48.0 Å². The lowest BCUT2D eigenvalue weighted by Crippen LogP contribution is -2.57. The van der Waals surface area contributed by atoms with Gasteiger partial charge in [-0.15, -0.1) is 0 Å². The predicted molar refractivity (Wildman–Crippen MR) is 122 cm³/mol. The van der Waals surface area contributed by atoms with E-state index >= 15 is 0 Å². The number of aliphatic hydroxyl groups is 1. The van der Waals surface area contributed by atoms with Gasteiger partial charge in [-0.3, -0.25) is 14.4 Å². The fourth-order valence-electron chi connectivity index (χ4n) is 4.02. The molecular weight excluding hydrogens is 464 g/mol. The lowest BCUT2D eigenvalue weighted by atomic mass is 9.85. The van der Waals surface area contributed by atoms with E-state index in [1.54, 1.807) is 6.92 Å². The van der Waals surface area contributed by atoms with E-state index in [0.29, 0.717) is 5.84 Å². The molecule has 8 nitrogen and oxygen atoms in total. The third-order valence-electron chi connectivity index (χ3n) is 5.77. The van der Waals surface area contributed by atoms with Crippen molar-refractivity contribution in [2.75, 3.05) is 6.54 Å². The van der Waals surface area contributed by atoms with E-state index < -0.39 is 29.1 Å².